The summed E-state index contributed by atoms with van der Waals surface area (Å²) in [5.41, 5.74) is 1.97. The van der Waals surface area contributed by atoms with Gasteiger partial charge < -0.3 is 9.73 Å². The maximum Gasteiger partial charge on any atom is 0.136 e. The molecule has 56 valence electrons. The van der Waals surface area contributed by atoms with E-state index in [0.29, 0.717) is 0 Å². The van der Waals surface area contributed by atoms with E-state index < -0.39 is 0 Å². The molecule has 0 fully saturated rings. The number of fused-ring (bicyclic) bond motifs is 1. The number of rotatable bonds is 1. The number of benzene rings is 1. The van der Waals surface area contributed by atoms with Crippen molar-refractivity contribution in [3.05, 3.63) is 30.5 Å². The second-order valence-corrected chi connectivity index (χ2v) is 2.40. The molecule has 0 spiro atoms. The molecule has 0 amide bonds. The van der Waals surface area contributed by atoms with E-state index in [4.69, 9.17) is 4.42 Å². The van der Waals surface area contributed by atoms with Crippen LogP contribution in [-0.4, -0.2) is 7.05 Å². The minimum absolute atomic E-state index is 0.928. The normalized spacial score (nSPS) is 10.3. The van der Waals surface area contributed by atoms with E-state index in [1.807, 2.05) is 31.3 Å². The highest BCUT2D eigenvalue weighted by Crippen LogP contribution is 2.24. The van der Waals surface area contributed by atoms with E-state index in [0.717, 1.165) is 16.7 Å². The second-order valence-electron chi connectivity index (χ2n) is 2.40. The average molecular weight is 147 g/mol. The lowest BCUT2D eigenvalue weighted by Gasteiger charge is -1.91. The van der Waals surface area contributed by atoms with Gasteiger partial charge in [-0.1, -0.05) is 12.1 Å². The standard InChI is InChI=1S/C9H9NO/c1-10-8-6-11-9-5-3-2-4-7(8)9/h2-6,10H,1H3. The van der Waals surface area contributed by atoms with Crippen LogP contribution in [-0.2, 0) is 0 Å². The third kappa shape index (κ3) is 0.871. The SMILES string of the molecule is CNc1coc2ccccc12. The molecule has 0 atom stereocenters. The Hall–Kier alpha value is -1.44. The highest BCUT2D eigenvalue weighted by molar-refractivity contribution is 5.90. The van der Waals surface area contributed by atoms with Gasteiger partial charge in [-0.15, -0.1) is 0 Å². The van der Waals surface area contributed by atoms with Crippen molar-refractivity contribution in [1.29, 1.82) is 0 Å². The smallest absolute Gasteiger partial charge is 0.136 e. The maximum absolute atomic E-state index is 5.28. The van der Waals surface area contributed by atoms with Crippen LogP contribution in [0.15, 0.2) is 34.9 Å². The molecule has 0 aliphatic carbocycles. The van der Waals surface area contributed by atoms with Crippen molar-refractivity contribution >= 4 is 16.7 Å². The zero-order chi connectivity index (χ0) is 7.68. The summed E-state index contributed by atoms with van der Waals surface area (Å²) in [6, 6.07) is 7.95. The topological polar surface area (TPSA) is 25.2 Å². The molecular weight excluding hydrogens is 138 g/mol. The van der Waals surface area contributed by atoms with Crippen molar-refractivity contribution in [1.82, 2.24) is 0 Å². The van der Waals surface area contributed by atoms with Crippen LogP contribution in [0.5, 0.6) is 0 Å². The van der Waals surface area contributed by atoms with Crippen molar-refractivity contribution in [2.45, 2.75) is 0 Å². The van der Waals surface area contributed by atoms with Gasteiger partial charge in [0.25, 0.3) is 0 Å². The predicted molar refractivity (Wildman–Crippen MR) is 45.8 cm³/mol. The molecule has 0 unspecified atom stereocenters. The lowest BCUT2D eigenvalue weighted by atomic mass is 10.2. The molecule has 0 saturated heterocycles. The van der Waals surface area contributed by atoms with Gasteiger partial charge in [-0.2, -0.15) is 0 Å². The van der Waals surface area contributed by atoms with Crippen LogP contribution in [0.2, 0.25) is 0 Å². The Labute approximate surface area is 64.8 Å². The summed E-state index contributed by atoms with van der Waals surface area (Å²) in [5.74, 6) is 0. The van der Waals surface area contributed by atoms with Crippen LogP contribution < -0.4 is 5.32 Å². The van der Waals surface area contributed by atoms with E-state index in [-0.39, 0.29) is 0 Å². The molecule has 2 aromatic rings. The van der Waals surface area contributed by atoms with Gasteiger partial charge in [0.1, 0.15) is 11.8 Å². The van der Waals surface area contributed by atoms with Gasteiger partial charge in [-0.25, -0.2) is 0 Å². The maximum atomic E-state index is 5.28. The highest BCUT2D eigenvalue weighted by atomic mass is 16.3. The third-order valence-corrected chi connectivity index (χ3v) is 1.75. The molecule has 1 heterocycles. The molecule has 0 aliphatic rings. The molecule has 11 heavy (non-hydrogen) atoms. The van der Waals surface area contributed by atoms with Crippen LogP contribution in [0.1, 0.15) is 0 Å². The molecule has 1 aromatic heterocycles. The number of hydrogen-bond acceptors (Lipinski definition) is 2. The lowest BCUT2D eigenvalue weighted by Crippen LogP contribution is -1.83. The Morgan fingerprint density at radius 2 is 2.09 bits per heavy atom. The first-order chi connectivity index (χ1) is 5.42. The predicted octanol–water partition coefficient (Wildman–Crippen LogP) is 2.47. The van der Waals surface area contributed by atoms with Crippen molar-refractivity contribution in [3.8, 4) is 0 Å². The van der Waals surface area contributed by atoms with E-state index in [9.17, 15) is 0 Å². The highest BCUT2D eigenvalue weighted by Gasteiger charge is 2.00. The summed E-state index contributed by atoms with van der Waals surface area (Å²) in [6.45, 7) is 0. The Morgan fingerprint density at radius 3 is 2.91 bits per heavy atom. The van der Waals surface area contributed by atoms with Crippen molar-refractivity contribution < 1.29 is 4.42 Å². The van der Waals surface area contributed by atoms with E-state index in [1.54, 1.807) is 6.26 Å². The van der Waals surface area contributed by atoms with Crippen LogP contribution in [0.25, 0.3) is 11.0 Å². The van der Waals surface area contributed by atoms with E-state index >= 15 is 0 Å². The van der Waals surface area contributed by atoms with Crippen molar-refractivity contribution in [2.24, 2.45) is 0 Å². The minimum atomic E-state index is 0.928. The Bertz CT molecular complexity index is 364. The van der Waals surface area contributed by atoms with Gasteiger partial charge in [-0.3, -0.25) is 0 Å². The minimum Gasteiger partial charge on any atom is -0.462 e. The largest absolute Gasteiger partial charge is 0.462 e. The summed E-state index contributed by atoms with van der Waals surface area (Å²) >= 11 is 0. The zero-order valence-corrected chi connectivity index (χ0v) is 6.29. The van der Waals surface area contributed by atoms with Crippen LogP contribution in [0, 0.1) is 0 Å². The summed E-state index contributed by atoms with van der Waals surface area (Å²) < 4.78 is 5.28. The fraction of sp³-hybridized carbons (Fsp3) is 0.111. The first-order valence-electron chi connectivity index (χ1n) is 3.56. The molecule has 0 saturated carbocycles. The third-order valence-electron chi connectivity index (χ3n) is 1.75. The first-order valence-corrected chi connectivity index (χ1v) is 3.56. The van der Waals surface area contributed by atoms with Crippen LogP contribution in [0.4, 0.5) is 5.69 Å². The number of hydrogen-bond donors (Lipinski definition) is 1. The Morgan fingerprint density at radius 1 is 1.27 bits per heavy atom. The van der Waals surface area contributed by atoms with Crippen LogP contribution in [0.3, 0.4) is 0 Å². The fourth-order valence-corrected chi connectivity index (χ4v) is 1.17. The number of para-hydroxylation sites is 1. The quantitative estimate of drug-likeness (QED) is 0.670. The molecule has 0 aliphatic heterocycles. The van der Waals surface area contributed by atoms with Gasteiger partial charge >= 0.3 is 0 Å². The zero-order valence-electron chi connectivity index (χ0n) is 6.29. The van der Waals surface area contributed by atoms with Gasteiger partial charge in [0.05, 0.1) is 5.69 Å². The monoisotopic (exact) mass is 147 g/mol. The number of anilines is 1. The molecule has 1 aromatic carbocycles. The molecular formula is C9H9NO. The lowest BCUT2D eigenvalue weighted by molar-refractivity contribution is 0.617. The van der Waals surface area contributed by atoms with Gasteiger partial charge in [-0.05, 0) is 12.1 Å². The van der Waals surface area contributed by atoms with E-state index in [2.05, 4.69) is 5.32 Å². The molecule has 0 bridgehead atoms. The summed E-state index contributed by atoms with van der Waals surface area (Å²) in [4.78, 5) is 0. The average Bonchev–Trinajstić information content (AvgIpc) is 2.47. The molecule has 2 nitrogen and oxygen atoms in total. The van der Waals surface area contributed by atoms with Crippen molar-refractivity contribution in [3.63, 3.8) is 0 Å². The van der Waals surface area contributed by atoms with Crippen LogP contribution >= 0.6 is 0 Å². The van der Waals surface area contributed by atoms with Gasteiger partial charge in [0.2, 0.25) is 0 Å². The van der Waals surface area contributed by atoms with Gasteiger partial charge in [0.15, 0.2) is 0 Å². The summed E-state index contributed by atoms with van der Waals surface area (Å²) in [6.07, 6.45) is 1.73. The summed E-state index contributed by atoms with van der Waals surface area (Å²) in [5, 5.41) is 4.19. The Kier molecular flexibility index (Phi) is 1.32. The number of nitrogens with one attached hydrogen (secondary N) is 1. The molecule has 0 radical (unpaired) electrons. The molecule has 2 rings (SSSR count). The van der Waals surface area contributed by atoms with E-state index in [1.165, 1.54) is 0 Å². The Balaban J connectivity index is 2.76. The molecule has 1 N–H and O–H groups in total. The van der Waals surface area contributed by atoms with Gasteiger partial charge in [0, 0.05) is 12.4 Å². The summed E-state index contributed by atoms with van der Waals surface area (Å²) in [7, 11) is 1.89. The van der Waals surface area contributed by atoms with Crippen molar-refractivity contribution in [2.75, 3.05) is 12.4 Å². The first kappa shape index (κ1) is 6.28. The molecule has 2 heteroatoms. The fourth-order valence-electron chi connectivity index (χ4n) is 1.17. The second kappa shape index (κ2) is 2.31. The number of furan rings is 1.